The van der Waals surface area contributed by atoms with Crippen LogP contribution in [0.2, 0.25) is 0 Å². The molecule has 2 atom stereocenters. The number of hydrogen-bond donors (Lipinski definition) is 2. The van der Waals surface area contributed by atoms with E-state index in [9.17, 15) is 19.1 Å². The van der Waals surface area contributed by atoms with Crippen LogP contribution in [0.25, 0.3) is 0 Å². The second-order valence-corrected chi connectivity index (χ2v) is 5.90. The summed E-state index contributed by atoms with van der Waals surface area (Å²) in [5.41, 5.74) is 0.500. The van der Waals surface area contributed by atoms with Crippen molar-refractivity contribution in [2.75, 3.05) is 26.7 Å². The molecule has 0 aromatic heterocycles. The van der Waals surface area contributed by atoms with E-state index in [4.69, 9.17) is 5.11 Å². The number of halogens is 1. The van der Waals surface area contributed by atoms with Gasteiger partial charge in [-0.1, -0.05) is 18.2 Å². The highest BCUT2D eigenvalue weighted by Gasteiger charge is 2.35. The maximum absolute atomic E-state index is 13.6. The van der Waals surface area contributed by atoms with Crippen LogP contribution in [0, 0.1) is 11.7 Å². The first-order valence-electron chi connectivity index (χ1n) is 7.49. The lowest BCUT2D eigenvalue weighted by Crippen LogP contribution is -2.50. The fraction of sp³-hybridized carbons (Fsp3) is 0.500. The first kappa shape index (κ1) is 17.4. The smallest absolute Gasteiger partial charge is 0.310 e. The van der Waals surface area contributed by atoms with Gasteiger partial charge >= 0.3 is 5.97 Å². The topological polar surface area (TPSA) is 81.1 Å². The molecular formula is C16H21FN2O4. The summed E-state index contributed by atoms with van der Waals surface area (Å²) >= 11 is 0. The lowest BCUT2D eigenvalue weighted by atomic mass is 9.95. The first-order valence-corrected chi connectivity index (χ1v) is 7.49. The van der Waals surface area contributed by atoms with Gasteiger partial charge in [-0.15, -0.1) is 0 Å². The number of likely N-dealkylation sites (tertiary alicyclic amines) is 1. The number of carbonyl (C=O) groups is 2. The Balaban J connectivity index is 1.91. The number of aliphatic hydroxyl groups excluding tert-OH is 1. The molecule has 0 bridgehead atoms. The number of carboxylic acid groups (broad SMARTS) is 1. The standard InChI is InChI=1S/C16H21FN2O4/c1-18(8-11-4-2-3-5-13(11)17)10-15(21)19-7-6-14(20)12(9-19)16(22)23/h2-5,12,14,20H,6-10H2,1H3,(H,22,23)/t12-,14+/m1/s1. The van der Waals surface area contributed by atoms with Crippen molar-refractivity contribution < 1.29 is 24.2 Å². The maximum Gasteiger partial charge on any atom is 0.310 e. The zero-order valence-corrected chi connectivity index (χ0v) is 13.0. The molecule has 1 aliphatic rings. The van der Waals surface area contributed by atoms with Crippen LogP contribution in [0.4, 0.5) is 4.39 Å². The number of piperidine rings is 1. The van der Waals surface area contributed by atoms with Crippen molar-refractivity contribution in [1.82, 2.24) is 9.80 Å². The Morgan fingerprint density at radius 1 is 1.39 bits per heavy atom. The van der Waals surface area contributed by atoms with Gasteiger partial charge in [-0.05, 0) is 19.5 Å². The number of aliphatic hydroxyl groups is 1. The molecule has 0 spiro atoms. The molecule has 1 amide bonds. The SMILES string of the molecule is CN(CC(=O)N1CC[C@H](O)[C@H](C(=O)O)C1)Cc1ccccc1F. The molecule has 1 aliphatic heterocycles. The Kier molecular flexibility index (Phi) is 5.68. The molecule has 6 nitrogen and oxygen atoms in total. The summed E-state index contributed by atoms with van der Waals surface area (Å²) in [6.07, 6.45) is -0.674. The largest absolute Gasteiger partial charge is 0.481 e. The molecule has 0 aliphatic carbocycles. The molecular weight excluding hydrogens is 303 g/mol. The summed E-state index contributed by atoms with van der Waals surface area (Å²) in [7, 11) is 1.71. The molecule has 7 heteroatoms. The highest BCUT2D eigenvalue weighted by atomic mass is 19.1. The van der Waals surface area contributed by atoms with Gasteiger partial charge in [-0.2, -0.15) is 0 Å². The van der Waals surface area contributed by atoms with Crippen LogP contribution in [-0.2, 0) is 16.1 Å². The maximum atomic E-state index is 13.6. The molecule has 23 heavy (non-hydrogen) atoms. The Morgan fingerprint density at radius 3 is 2.74 bits per heavy atom. The molecule has 1 heterocycles. The van der Waals surface area contributed by atoms with Gasteiger partial charge in [0.2, 0.25) is 5.91 Å². The van der Waals surface area contributed by atoms with E-state index in [0.29, 0.717) is 12.1 Å². The minimum atomic E-state index is -1.10. The summed E-state index contributed by atoms with van der Waals surface area (Å²) in [6, 6.07) is 6.37. The summed E-state index contributed by atoms with van der Waals surface area (Å²) in [6.45, 7) is 0.689. The van der Waals surface area contributed by atoms with Crippen LogP contribution in [-0.4, -0.2) is 64.7 Å². The highest BCUT2D eigenvalue weighted by Crippen LogP contribution is 2.18. The van der Waals surface area contributed by atoms with Crippen LogP contribution in [0.15, 0.2) is 24.3 Å². The number of carbonyl (C=O) groups excluding carboxylic acids is 1. The van der Waals surface area contributed by atoms with E-state index in [2.05, 4.69) is 0 Å². The normalized spacial score (nSPS) is 21.5. The Hall–Kier alpha value is -1.99. The van der Waals surface area contributed by atoms with Gasteiger partial charge in [0.05, 0.1) is 12.6 Å². The quantitative estimate of drug-likeness (QED) is 0.827. The molecule has 0 radical (unpaired) electrons. The average molecular weight is 324 g/mol. The number of nitrogens with zero attached hydrogens (tertiary/aromatic N) is 2. The molecule has 126 valence electrons. The zero-order chi connectivity index (χ0) is 17.0. The predicted molar refractivity (Wildman–Crippen MR) is 81.1 cm³/mol. The average Bonchev–Trinajstić information content (AvgIpc) is 2.49. The van der Waals surface area contributed by atoms with Crippen LogP contribution in [0.5, 0.6) is 0 Å². The minimum absolute atomic E-state index is 0.00285. The molecule has 1 aromatic carbocycles. The second-order valence-electron chi connectivity index (χ2n) is 5.90. The van der Waals surface area contributed by atoms with Crippen molar-refractivity contribution in [1.29, 1.82) is 0 Å². The van der Waals surface area contributed by atoms with E-state index in [1.54, 1.807) is 30.1 Å². The number of rotatable bonds is 5. The van der Waals surface area contributed by atoms with E-state index in [1.165, 1.54) is 11.0 Å². The van der Waals surface area contributed by atoms with Gasteiger partial charge in [0.1, 0.15) is 11.7 Å². The van der Waals surface area contributed by atoms with Crippen LogP contribution in [0.1, 0.15) is 12.0 Å². The zero-order valence-electron chi connectivity index (χ0n) is 13.0. The van der Waals surface area contributed by atoms with Gasteiger partial charge < -0.3 is 15.1 Å². The Morgan fingerprint density at radius 2 is 2.09 bits per heavy atom. The molecule has 2 N–H and O–H groups in total. The third-order valence-corrected chi connectivity index (χ3v) is 4.05. The van der Waals surface area contributed by atoms with Crippen LogP contribution in [0.3, 0.4) is 0 Å². The number of amides is 1. The third kappa shape index (κ3) is 4.49. The minimum Gasteiger partial charge on any atom is -0.481 e. The lowest BCUT2D eigenvalue weighted by molar-refractivity contribution is -0.151. The van der Waals surface area contributed by atoms with Crippen molar-refractivity contribution in [3.05, 3.63) is 35.6 Å². The van der Waals surface area contributed by atoms with Crippen molar-refractivity contribution in [3.8, 4) is 0 Å². The van der Waals surface area contributed by atoms with Gasteiger partial charge in [0.15, 0.2) is 0 Å². The fourth-order valence-electron chi connectivity index (χ4n) is 2.71. The second kappa shape index (κ2) is 7.52. The predicted octanol–water partition coefficient (Wildman–Crippen LogP) is 0.552. The summed E-state index contributed by atoms with van der Waals surface area (Å²) in [4.78, 5) is 26.5. The van der Waals surface area contributed by atoms with Crippen LogP contribution >= 0.6 is 0 Å². The van der Waals surface area contributed by atoms with E-state index in [-0.39, 0.29) is 37.8 Å². The van der Waals surface area contributed by atoms with Crippen molar-refractivity contribution >= 4 is 11.9 Å². The van der Waals surface area contributed by atoms with Gasteiger partial charge in [0, 0.05) is 25.2 Å². The number of likely N-dealkylation sites (N-methyl/N-ethyl adjacent to an activating group) is 1. The van der Waals surface area contributed by atoms with Crippen molar-refractivity contribution in [2.24, 2.45) is 5.92 Å². The monoisotopic (exact) mass is 324 g/mol. The number of benzene rings is 1. The number of hydrogen-bond acceptors (Lipinski definition) is 4. The molecule has 1 fully saturated rings. The first-order chi connectivity index (χ1) is 10.9. The molecule has 1 saturated heterocycles. The van der Waals surface area contributed by atoms with E-state index < -0.39 is 18.0 Å². The summed E-state index contributed by atoms with van der Waals surface area (Å²) < 4.78 is 13.6. The van der Waals surface area contributed by atoms with E-state index in [1.807, 2.05) is 0 Å². The highest BCUT2D eigenvalue weighted by molar-refractivity contribution is 5.80. The summed E-state index contributed by atoms with van der Waals surface area (Å²) in [5, 5.41) is 18.7. The third-order valence-electron chi connectivity index (χ3n) is 4.05. The molecule has 0 saturated carbocycles. The van der Waals surface area contributed by atoms with E-state index in [0.717, 1.165) is 0 Å². The van der Waals surface area contributed by atoms with Crippen molar-refractivity contribution in [2.45, 2.75) is 19.1 Å². The van der Waals surface area contributed by atoms with Crippen LogP contribution < -0.4 is 0 Å². The van der Waals surface area contributed by atoms with Crippen molar-refractivity contribution in [3.63, 3.8) is 0 Å². The Bertz CT molecular complexity index is 581. The van der Waals surface area contributed by atoms with Gasteiger partial charge in [0.25, 0.3) is 0 Å². The van der Waals surface area contributed by atoms with Gasteiger partial charge in [-0.3, -0.25) is 14.5 Å². The fourth-order valence-corrected chi connectivity index (χ4v) is 2.71. The summed E-state index contributed by atoms with van der Waals surface area (Å²) in [5.74, 6) is -2.60. The van der Waals surface area contributed by atoms with Gasteiger partial charge in [-0.25, -0.2) is 4.39 Å². The Labute approximate surface area is 134 Å². The molecule has 0 unspecified atom stereocenters. The molecule has 1 aromatic rings. The molecule has 2 rings (SSSR count). The lowest BCUT2D eigenvalue weighted by Gasteiger charge is -2.34. The number of aliphatic carboxylic acids is 1. The van der Waals surface area contributed by atoms with E-state index >= 15 is 0 Å². The number of carboxylic acids is 1.